The Morgan fingerprint density at radius 2 is 2.12 bits per heavy atom. The Morgan fingerprint density at radius 3 is 2.83 bits per heavy atom. The van der Waals surface area contributed by atoms with Gasteiger partial charge in [-0.05, 0) is 36.6 Å². The number of carbonyl (C=O) groups is 2. The number of ether oxygens (including phenoxy) is 2. The Hall–Kier alpha value is -2.50. The lowest BCUT2D eigenvalue weighted by atomic mass is 9.90. The Balaban J connectivity index is 1.81. The van der Waals surface area contributed by atoms with Gasteiger partial charge in [-0.15, -0.1) is 0 Å². The van der Waals surface area contributed by atoms with Crippen molar-refractivity contribution in [3.8, 4) is 11.5 Å². The van der Waals surface area contributed by atoms with Crippen LogP contribution in [0.15, 0.2) is 23.8 Å². The highest BCUT2D eigenvalue weighted by Crippen LogP contribution is 2.31. The molecule has 2 aliphatic heterocycles. The van der Waals surface area contributed by atoms with Crippen LogP contribution in [0.3, 0.4) is 0 Å². The lowest BCUT2D eigenvalue weighted by Gasteiger charge is -2.35. The molecule has 1 N–H and O–H groups in total. The number of fused-ring (bicyclic) bond motifs is 1. The molecule has 1 fully saturated rings. The molecule has 1 amide bonds. The van der Waals surface area contributed by atoms with E-state index in [4.69, 9.17) is 9.47 Å². The average Bonchev–Trinajstić information content (AvgIpc) is 2.59. The molecule has 0 aliphatic carbocycles. The lowest BCUT2D eigenvalue weighted by molar-refractivity contribution is -0.146. The average molecular weight is 331 g/mol. The summed E-state index contributed by atoms with van der Waals surface area (Å²) in [6.07, 6.45) is 2.41. The van der Waals surface area contributed by atoms with Crippen LogP contribution in [0.4, 0.5) is 0 Å². The van der Waals surface area contributed by atoms with Gasteiger partial charge in [0, 0.05) is 18.7 Å². The van der Waals surface area contributed by atoms with Crippen LogP contribution >= 0.6 is 0 Å². The number of carbonyl (C=O) groups excluding carboxylic acids is 1. The van der Waals surface area contributed by atoms with E-state index in [1.54, 1.807) is 18.1 Å². The Labute approximate surface area is 140 Å². The standard InChI is InChI=1S/C18H21NO5/c1-11-5-13(18(21)22)9-19(8-11)17(20)14-6-12-7-15(23-2)3-4-16(12)24-10-14/h3-4,6-7,11,13H,5,8-10H2,1-2H3,(H,21,22). The monoisotopic (exact) mass is 331 g/mol. The van der Waals surface area contributed by atoms with Gasteiger partial charge in [-0.2, -0.15) is 0 Å². The molecule has 0 spiro atoms. The number of aliphatic carboxylic acids is 1. The predicted octanol–water partition coefficient (Wildman–Crippen LogP) is 2.04. The Bertz CT molecular complexity index is 697. The van der Waals surface area contributed by atoms with Crippen molar-refractivity contribution in [3.63, 3.8) is 0 Å². The number of rotatable bonds is 3. The summed E-state index contributed by atoms with van der Waals surface area (Å²) in [5.74, 6) is 0.0728. The van der Waals surface area contributed by atoms with Gasteiger partial charge in [0.2, 0.25) is 0 Å². The van der Waals surface area contributed by atoms with Gasteiger partial charge in [0.05, 0.1) is 18.6 Å². The van der Waals surface area contributed by atoms with Crippen LogP contribution in [-0.4, -0.2) is 48.7 Å². The van der Waals surface area contributed by atoms with Crippen LogP contribution in [0.5, 0.6) is 11.5 Å². The first-order valence-electron chi connectivity index (χ1n) is 8.01. The number of benzene rings is 1. The molecule has 6 nitrogen and oxygen atoms in total. The topological polar surface area (TPSA) is 76.1 Å². The third kappa shape index (κ3) is 3.22. The first-order valence-corrected chi connectivity index (χ1v) is 8.01. The maximum absolute atomic E-state index is 12.8. The fourth-order valence-electron chi connectivity index (χ4n) is 3.31. The maximum Gasteiger partial charge on any atom is 0.308 e. The molecule has 128 valence electrons. The summed E-state index contributed by atoms with van der Waals surface area (Å²) < 4.78 is 10.9. The van der Waals surface area contributed by atoms with E-state index in [2.05, 4.69) is 0 Å². The minimum absolute atomic E-state index is 0.152. The molecule has 0 bridgehead atoms. The van der Waals surface area contributed by atoms with Crippen molar-refractivity contribution >= 4 is 18.0 Å². The van der Waals surface area contributed by atoms with Crippen molar-refractivity contribution < 1.29 is 24.2 Å². The molecule has 2 atom stereocenters. The minimum Gasteiger partial charge on any atom is -0.497 e. The number of hydrogen-bond acceptors (Lipinski definition) is 4. The zero-order valence-corrected chi connectivity index (χ0v) is 13.8. The number of piperidine rings is 1. The fourth-order valence-corrected chi connectivity index (χ4v) is 3.31. The number of carboxylic acid groups (broad SMARTS) is 1. The van der Waals surface area contributed by atoms with Gasteiger partial charge >= 0.3 is 5.97 Å². The van der Waals surface area contributed by atoms with E-state index < -0.39 is 11.9 Å². The molecule has 0 aromatic heterocycles. The van der Waals surface area contributed by atoms with Crippen molar-refractivity contribution in [1.29, 1.82) is 0 Å². The van der Waals surface area contributed by atoms with Crippen LogP contribution in [0.1, 0.15) is 18.9 Å². The third-order valence-electron chi connectivity index (χ3n) is 4.50. The summed E-state index contributed by atoms with van der Waals surface area (Å²) >= 11 is 0. The highest BCUT2D eigenvalue weighted by molar-refractivity contribution is 5.99. The van der Waals surface area contributed by atoms with Crippen molar-refractivity contribution in [2.75, 3.05) is 26.8 Å². The second-order valence-electron chi connectivity index (χ2n) is 6.45. The normalized spacial score (nSPS) is 22.9. The van der Waals surface area contributed by atoms with Crippen molar-refractivity contribution in [1.82, 2.24) is 4.90 Å². The van der Waals surface area contributed by atoms with Gasteiger partial charge in [-0.1, -0.05) is 6.92 Å². The second kappa shape index (κ2) is 6.55. The minimum atomic E-state index is -0.844. The van der Waals surface area contributed by atoms with Crippen molar-refractivity contribution in [2.45, 2.75) is 13.3 Å². The van der Waals surface area contributed by atoms with Crippen molar-refractivity contribution in [3.05, 3.63) is 29.3 Å². The molecule has 3 rings (SSSR count). The zero-order valence-electron chi connectivity index (χ0n) is 13.8. The Morgan fingerprint density at radius 1 is 1.33 bits per heavy atom. The molecule has 0 radical (unpaired) electrons. The van der Waals surface area contributed by atoms with E-state index in [0.29, 0.717) is 30.0 Å². The van der Waals surface area contributed by atoms with E-state index in [-0.39, 0.29) is 25.0 Å². The fraction of sp³-hybridized carbons (Fsp3) is 0.444. The van der Waals surface area contributed by atoms with Gasteiger partial charge in [-0.25, -0.2) is 0 Å². The molecule has 24 heavy (non-hydrogen) atoms. The quantitative estimate of drug-likeness (QED) is 0.917. The first-order chi connectivity index (χ1) is 11.5. The van der Waals surface area contributed by atoms with Crippen LogP contribution in [-0.2, 0) is 9.59 Å². The highest BCUT2D eigenvalue weighted by Gasteiger charge is 2.33. The van der Waals surface area contributed by atoms with E-state index in [9.17, 15) is 14.7 Å². The van der Waals surface area contributed by atoms with Gasteiger partial charge < -0.3 is 19.5 Å². The second-order valence-corrected chi connectivity index (χ2v) is 6.45. The maximum atomic E-state index is 12.8. The van der Waals surface area contributed by atoms with Crippen LogP contribution in [0.25, 0.3) is 6.08 Å². The molecule has 1 saturated heterocycles. The summed E-state index contributed by atoms with van der Waals surface area (Å²) in [5, 5.41) is 9.26. The summed E-state index contributed by atoms with van der Waals surface area (Å²) in [7, 11) is 1.59. The molecule has 1 aromatic rings. The molecule has 0 saturated carbocycles. The van der Waals surface area contributed by atoms with E-state index in [1.165, 1.54) is 0 Å². The number of hydrogen-bond donors (Lipinski definition) is 1. The summed E-state index contributed by atoms with van der Waals surface area (Å²) in [6, 6.07) is 5.44. The van der Waals surface area contributed by atoms with Gasteiger partial charge in [-0.3, -0.25) is 9.59 Å². The molecule has 6 heteroatoms. The van der Waals surface area contributed by atoms with E-state index >= 15 is 0 Å². The largest absolute Gasteiger partial charge is 0.497 e. The molecule has 2 heterocycles. The third-order valence-corrected chi connectivity index (χ3v) is 4.50. The van der Waals surface area contributed by atoms with Crippen LogP contribution in [0.2, 0.25) is 0 Å². The first kappa shape index (κ1) is 16.4. The Kier molecular flexibility index (Phi) is 4.46. The molecule has 2 aliphatic rings. The number of likely N-dealkylation sites (tertiary alicyclic amines) is 1. The summed E-state index contributed by atoms with van der Waals surface area (Å²) in [5.41, 5.74) is 1.33. The molecular formula is C18H21NO5. The number of amides is 1. The van der Waals surface area contributed by atoms with Crippen LogP contribution < -0.4 is 9.47 Å². The van der Waals surface area contributed by atoms with E-state index in [1.807, 2.05) is 25.1 Å². The van der Waals surface area contributed by atoms with Crippen LogP contribution in [0, 0.1) is 11.8 Å². The highest BCUT2D eigenvalue weighted by atomic mass is 16.5. The van der Waals surface area contributed by atoms with Crippen molar-refractivity contribution in [2.24, 2.45) is 11.8 Å². The smallest absolute Gasteiger partial charge is 0.308 e. The number of methoxy groups -OCH3 is 1. The SMILES string of the molecule is COc1ccc2c(c1)C=C(C(=O)N1CC(C)CC(C(=O)O)C1)CO2. The van der Waals surface area contributed by atoms with Gasteiger partial charge in [0.1, 0.15) is 18.1 Å². The van der Waals surface area contributed by atoms with Gasteiger partial charge in [0.25, 0.3) is 5.91 Å². The lowest BCUT2D eigenvalue weighted by Crippen LogP contribution is -2.46. The predicted molar refractivity (Wildman–Crippen MR) is 88.0 cm³/mol. The number of carboxylic acids is 1. The van der Waals surface area contributed by atoms with Gasteiger partial charge in [0.15, 0.2) is 0 Å². The zero-order chi connectivity index (χ0) is 17.3. The molecule has 1 aromatic carbocycles. The summed E-state index contributed by atoms with van der Waals surface area (Å²) in [4.78, 5) is 25.7. The molecule has 2 unspecified atom stereocenters. The van der Waals surface area contributed by atoms with E-state index in [0.717, 1.165) is 5.56 Å². The summed E-state index contributed by atoms with van der Waals surface area (Å²) in [6.45, 7) is 2.99. The molecular weight excluding hydrogens is 310 g/mol. The number of nitrogens with zero attached hydrogens (tertiary/aromatic N) is 1.